The van der Waals surface area contributed by atoms with E-state index in [1.54, 1.807) is 0 Å². The Labute approximate surface area is 73.1 Å². The summed E-state index contributed by atoms with van der Waals surface area (Å²) in [4.78, 5) is 0. The van der Waals surface area contributed by atoms with E-state index in [2.05, 4.69) is 42.6 Å². The molecule has 1 N–H and O–H groups in total. The van der Waals surface area contributed by atoms with Crippen LogP contribution in [0.15, 0.2) is 24.3 Å². The number of hydrogen-bond acceptors (Lipinski definition) is 1. The SMILES string of the molecule is Cc1ccc2c(c1)C=CCCN2. The van der Waals surface area contributed by atoms with Gasteiger partial charge in [-0.25, -0.2) is 0 Å². The Bertz CT molecular complexity index is 313. The molecule has 0 atom stereocenters. The molecule has 1 aromatic rings. The van der Waals surface area contributed by atoms with Gasteiger partial charge in [-0.3, -0.25) is 0 Å². The van der Waals surface area contributed by atoms with Crippen LogP contribution in [-0.2, 0) is 0 Å². The van der Waals surface area contributed by atoms with E-state index in [9.17, 15) is 0 Å². The molecule has 0 spiro atoms. The number of benzene rings is 1. The minimum absolute atomic E-state index is 1.05. The molecule has 1 aromatic carbocycles. The highest BCUT2D eigenvalue weighted by Gasteiger charge is 2.01. The fourth-order valence-electron chi connectivity index (χ4n) is 1.48. The lowest BCUT2D eigenvalue weighted by atomic mass is 10.1. The summed E-state index contributed by atoms with van der Waals surface area (Å²) in [7, 11) is 0. The van der Waals surface area contributed by atoms with Crippen molar-refractivity contribution >= 4 is 11.8 Å². The Morgan fingerprint density at radius 2 is 2.25 bits per heavy atom. The highest BCUT2D eigenvalue weighted by molar-refractivity contribution is 5.68. The van der Waals surface area contributed by atoms with E-state index in [0.29, 0.717) is 0 Å². The zero-order valence-electron chi connectivity index (χ0n) is 7.30. The fourth-order valence-corrected chi connectivity index (χ4v) is 1.48. The molecule has 1 aliphatic heterocycles. The predicted octanol–water partition coefficient (Wildman–Crippen LogP) is 2.82. The van der Waals surface area contributed by atoms with Gasteiger partial charge in [0.15, 0.2) is 0 Å². The molecule has 0 saturated carbocycles. The Kier molecular flexibility index (Phi) is 1.86. The van der Waals surface area contributed by atoms with E-state index in [4.69, 9.17) is 0 Å². The molecule has 0 unspecified atom stereocenters. The standard InChI is InChI=1S/C11H13N/c1-9-5-6-11-10(8-9)4-2-3-7-12-11/h2,4-6,8,12H,3,7H2,1H3. The largest absolute Gasteiger partial charge is 0.384 e. The third kappa shape index (κ3) is 1.35. The first-order valence-corrected chi connectivity index (χ1v) is 4.37. The van der Waals surface area contributed by atoms with Crippen molar-refractivity contribution < 1.29 is 0 Å². The molecule has 1 nitrogen and oxygen atoms in total. The molecule has 0 aromatic heterocycles. The number of nitrogens with one attached hydrogen (secondary N) is 1. The van der Waals surface area contributed by atoms with Gasteiger partial charge in [-0.2, -0.15) is 0 Å². The van der Waals surface area contributed by atoms with Gasteiger partial charge in [-0.15, -0.1) is 0 Å². The molecule has 0 saturated heterocycles. The third-order valence-corrected chi connectivity index (χ3v) is 2.13. The fraction of sp³-hybridized carbons (Fsp3) is 0.273. The van der Waals surface area contributed by atoms with Gasteiger partial charge in [-0.1, -0.05) is 23.8 Å². The van der Waals surface area contributed by atoms with E-state index in [-0.39, 0.29) is 0 Å². The van der Waals surface area contributed by atoms with E-state index in [0.717, 1.165) is 13.0 Å². The summed E-state index contributed by atoms with van der Waals surface area (Å²) < 4.78 is 0. The Hall–Kier alpha value is -1.24. The van der Waals surface area contributed by atoms with Gasteiger partial charge in [0.05, 0.1) is 0 Å². The highest BCUT2D eigenvalue weighted by Crippen LogP contribution is 2.20. The van der Waals surface area contributed by atoms with Crippen LogP contribution in [0.25, 0.3) is 6.08 Å². The van der Waals surface area contributed by atoms with Crippen molar-refractivity contribution in [3.05, 3.63) is 35.4 Å². The van der Waals surface area contributed by atoms with E-state index in [1.165, 1.54) is 16.8 Å². The smallest absolute Gasteiger partial charge is 0.0413 e. The molecule has 62 valence electrons. The van der Waals surface area contributed by atoms with Crippen LogP contribution >= 0.6 is 0 Å². The van der Waals surface area contributed by atoms with Crippen molar-refractivity contribution in [2.45, 2.75) is 13.3 Å². The molecule has 0 aliphatic carbocycles. The topological polar surface area (TPSA) is 12.0 Å². The quantitative estimate of drug-likeness (QED) is 0.613. The van der Waals surface area contributed by atoms with Crippen LogP contribution in [0, 0.1) is 6.92 Å². The van der Waals surface area contributed by atoms with E-state index in [1.807, 2.05) is 0 Å². The normalized spacial score (nSPS) is 14.8. The van der Waals surface area contributed by atoms with Crippen LogP contribution in [0.3, 0.4) is 0 Å². The second kappa shape index (κ2) is 3.02. The van der Waals surface area contributed by atoms with Crippen molar-refractivity contribution in [1.29, 1.82) is 0 Å². The highest BCUT2D eigenvalue weighted by atomic mass is 14.9. The van der Waals surface area contributed by atoms with Crippen molar-refractivity contribution in [2.24, 2.45) is 0 Å². The first kappa shape index (κ1) is 7.41. The summed E-state index contributed by atoms with van der Waals surface area (Å²) in [6.45, 7) is 3.17. The lowest BCUT2D eigenvalue weighted by molar-refractivity contribution is 1.08. The monoisotopic (exact) mass is 159 g/mol. The summed E-state index contributed by atoms with van der Waals surface area (Å²) >= 11 is 0. The number of fused-ring (bicyclic) bond motifs is 1. The number of hydrogen-bond donors (Lipinski definition) is 1. The molecular weight excluding hydrogens is 146 g/mol. The molecular formula is C11H13N. The van der Waals surface area contributed by atoms with Crippen molar-refractivity contribution in [2.75, 3.05) is 11.9 Å². The minimum atomic E-state index is 1.05. The maximum atomic E-state index is 3.39. The van der Waals surface area contributed by atoms with Gasteiger partial charge in [0.1, 0.15) is 0 Å². The number of rotatable bonds is 0. The summed E-state index contributed by atoms with van der Waals surface area (Å²) in [5, 5.41) is 3.39. The summed E-state index contributed by atoms with van der Waals surface area (Å²) in [6.07, 6.45) is 5.54. The molecule has 0 fully saturated rings. The van der Waals surface area contributed by atoms with Gasteiger partial charge >= 0.3 is 0 Å². The van der Waals surface area contributed by atoms with E-state index < -0.39 is 0 Å². The lowest BCUT2D eigenvalue weighted by Crippen LogP contribution is -1.99. The molecule has 1 aliphatic rings. The molecule has 0 amide bonds. The zero-order chi connectivity index (χ0) is 8.39. The zero-order valence-corrected chi connectivity index (χ0v) is 7.30. The Morgan fingerprint density at radius 1 is 1.33 bits per heavy atom. The summed E-state index contributed by atoms with van der Waals surface area (Å²) in [6, 6.07) is 6.51. The maximum Gasteiger partial charge on any atom is 0.0413 e. The van der Waals surface area contributed by atoms with Crippen molar-refractivity contribution in [3.8, 4) is 0 Å². The van der Waals surface area contributed by atoms with Crippen LogP contribution in [0.1, 0.15) is 17.5 Å². The second-order valence-electron chi connectivity index (χ2n) is 3.21. The molecule has 0 bridgehead atoms. The first-order chi connectivity index (χ1) is 5.86. The number of anilines is 1. The molecule has 2 rings (SSSR count). The molecule has 12 heavy (non-hydrogen) atoms. The summed E-state index contributed by atoms with van der Waals surface area (Å²) in [5.74, 6) is 0. The average Bonchev–Trinajstić information content (AvgIpc) is 2.28. The van der Waals surface area contributed by atoms with Crippen LogP contribution in [0.2, 0.25) is 0 Å². The predicted molar refractivity (Wildman–Crippen MR) is 53.3 cm³/mol. The second-order valence-corrected chi connectivity index (χ2v) is 3.21. The van der Waals surface area contributed by atoms with Gasteiger partial charge < -0.3 is 5.32 Å². The van der Waals surface area contributed by atoms with E-state index >= 15 is 0 Å². The third-order valence-electron chi connectivity index (χ3n) is 2.13. The van der Waals surface area contributed by atoms with Gasteiger partial charge in [0, 0.05) is 12.2 Å². The van der Waals surface area contributed by atoms with Crippen LogP contribution < -0.4 is 5.32 Å². The molecule has 1 heteroatoms. The van der Waals surface area contributed by atoms with Crippen molar-refractivity contribution in [3.63, 3.8) is 0 Å². The molecule has 1 heterocycles. The number of aryl methyl sites for hydroxylation is 1. The van der Waals surface area contributed by atoms with Crippen LogP contribution in [0.4, 0.5) is 5.69 Å². The van der Waals surface area contributed by atoms with Crippen LogP contribution in [-0.4, -0.2) is 6.54 Å². The van der Waals surface area contributed by atoms with Gasteiger partial charge in [0.25, 0.3) is 0 Å². The Balaban J connectivity index is 2.47. The lowest BCUT2D eigenvalue weighted by Gasteiger charge is -2.06. The van der Waals surface area contributed by atoms with Crippen LogP contribution in [0.5, 0.6) is 0 Å². The summed E-state index contributed by atoms with van der Waals surface area (Å²) in [5.41, 5.74) is 3.89. The maximum absolute atomic E-state index is 3.39. The molecule has 0 radical (unpaired) electrons. The van der Waals surface area contributed by atoms with Crippen molar-refractivity contribution in [1.82, 2.24) is 0 Å². The minimum Gasteiger partial charge on any atom is -0.384 e. The Morgan fingerprint density at radius 3 is 3.17 bits per heavy atom. The first-order valence-electron chi connectivity index (χ1n) is 4.37. The van der Waals surface area contributed by atoms with Gasteiger partial charge in [-0.05, 0) is 31.0 Å². The van der Waals surface area contributed by atoms with Gasteiger partial charge in [0.2, 0.25) is 0 Å². The average molecular weight is 159 g/mol.